The summed E-state index contributed by atoms with van der Waals surface area (Å²) in [5, 5.41) is 8.70. The van der Waals surface area contributed by atoms with Gasteiger partial charge >= 0.3 is 0 Å². The van der Waals surface area contributed by atoms with Gasteiger partial charge < -0.3 is 5.32 Å². The fourth-order valence-electron chi connectivity index (χ4n) is 3.18. The predicted octanol–water partition coefficient (Wildman–Crippen LogP) is 4.18. The number of fused-ring (bicyclic) bond motifs is 1. The summed E-state index contributed by atoms with van der Waals surface area (Å²) in [6.07, 6.45) is 9.39. The van der Waals surface area contributed by atoms with Crippen LogP contribution in [0.2, 0.25) is 0 Å². The molecule has 0 saturated heterocycles. The molecular formula is C20H22N2OS. The van der Waals surface area contributed by atoms with Crippen LogP contribution in [0.3, 0.4) is 0 Å². The molecule has 0 spiro atoms. The highest BCUT2D eigenvalue weighted by Gasteiger charge is 2.14. The molecule has 1 amide bonds. The summed E-state index contributed by atoms with van der Waals surface area (Å²) in [5.41, 5.74) is 1.02. The van der Waals surface area contributed by atoms with Crippen molar-refractivity contribution in [3.05, 3.63) is 54.1 Å². The van der Waals surface area contributed by atoms with Gasteiger partial charge in [0.2, 0.25) is 5.91 Å². The average Bonchev–Trinajstić information content (AvgIpc) is 2.60. The van der Waals surface area contributed by atoms with Crippen molar-refractivity contribution < 1.29 is 4.79 Å². The fraction of sp³-hybridized carbons (Fsp3) is 0.300. The molecule has 1 saturated carbocycles. The van der Waals surface area contributed by atoms with Crippen LogP contribution in [-0.4, -0.2) is 17.1 Å². The van der Waals surface area contributed by atoms with Gasteiger partial charge in [-0.2, -0.15) is 0 Å². The maximum absolute atomic E-state index is 12.1. The average molecular weight is 338 g/mol. The Morgan fingerprint density at radius 1 is 1.04 bits per heavy atom. The van der Waals surface area contributed by atoms with Gasteiger partial charge in [-0.3, -0.25) is 10.1 Å². The van der Waals surface area contributed by atoms with E-state index in [1.54, 1.807) is 0 Å². The molecule has 3 rings (SSSR count). The van der Waals surface area contributed by atoms with Gasteiger partial charge in [-0.05, 0) is 47.5 Å². The Hall–Kier alpha value is -2.20. The predicted molar refractivity (Wildman–Crippen MR) is 104 cm³/mol. The second kappa shape index (κ2) is 8.06. The molecule has 124 valence electrons. The van der Waals surface area contributed by atoms with Gasteiger partial charge in [0.05, 0.1) is 0 Å². The van der Waals surface area contributed by atoms with Gasteiger partial charge in [-0.25, -0.2) is 0 Å². The lowest BCUT2D eigenvalue weighted by Crippen LogP contribution is -2.44. The van der Waals surface area contributed by atoms with E-state index in [9.17, 15) is 4.79 Å². The van der Waals surface area contributed by atoms with E-state index in [4.69, 9.17) is 12.2 Å². The molecule has 24 heavy (non-hydrogen) atoms. The third-order valence-corrected chi connectivity index (χ3v) is 4.63. The molecule has 2 aromatic rings. The molecule has 1 aliphatic rings. The van der Waals surface area contributed by atoms with Crippen LogP contribution in [0.15, 0.2) is 48.5 Å². The Labute approximate surface area is 148 Å². The monoisotopic (exact) mass is 338 g/mol. The molecule has 2 N–H and O–H groups in total. The second-order valence-electron chi connectivity index (χ2n) is 6.20. The number of amides is 1. The molecule has 0 atom stereocenters. The summed E-state index contributed by atoms with van der Waals surface area (Å²) in [4.78, 5) is 12.1. The standard InChI is InChI=1S/C20H22N2OS/c23-19(22-20(24)21-17-10-2-1-3-11-17)14-13-16-9-6-8-15-7-4-5-12-18(15)16/h4-9,12-14,17H,1-3,10-11H2,(H2,21,22,23,24)/b14-13+. The molecule has 0 aliphatic heterocycles. The number of hydrogen-bond donors (Lipinski definition) is 2. The largest absolute Gasteiger partial charge is 0.360 e. The highest BCUT2D eigenvalue weighted by Crippen LogP contribution is 2.19. The van der Waals surface area contributed by atoms with Gasteiger partial charge in [0.1, 0.15) is 0 Å². The van der Waals surface area contributed by atoms with Crippen LogP contribution >= 0.6 is 12.2 Å². The van der Waals surface area contributed by atoms with E-state index in [2.05, 4.69) is 28.8 Å². The Bertz CT molecular complexity index is 758. The van der Waals surface area contributed by atoms with Crippen molar-refractivity contribution in [2.75, 3.05) is 0 Å². The normalized spacial score (nSPS) is 15.5. The van der Waals surface area contributed by atoms with Crippen LogP contribution < -0.4 is 10.6 Å². The first kappa shape index (κ1) is 16.7. The van der Waals surface area contributed by atoms with E-state index in [1.807, 2.05) is 30.3 Å². The maximum atomic E-state index is 12.1. The smallest absolute Gasteiger partial charge is 0.250 e. The van der Waals surface area contributed by atoms with Crippen LogP contribution in [0.1, 0.15) is 37.7 Å². The van der Waals surface area contributed by atoms with E-state index in [0.29, 0.717) is 11.2 Å². The van der Waals surface area contributed by atoms with Gasteiger partial charge in [0.25, 0.3) is 0 Å². The van der Waals surface area contributed by atoms with Crippen LogP contribution in [0.5, 0.6) is 0 Å². The van der Waals surface area contributed by atoms with Crippen LogP contribution in [-0.2, 0) is 4.79 Å². The van der Waals surface area contributed by atoms with Crippen molar-refractivity contribution in [3.63, 3.8) is 0 Å². The molecule has 1 fully saturated rings. The van der Waals surface area contributed by atoms with Crippen LogP contribution in [0.25, 0.3) is 16.8 Å². The number of benzene rings is 2. The number of nitrogens with one attached hydrogen (secondary N) is 2. The number of hydrogen-bond acceptors (Lipinski definition) is 2. The Balaban J connectivity index is 1.59. The molecule has 0 heterocycles. The first-order valence-corrected chi connectivity index (χ1v) is 8.90. The second-order valence-corrected chi connectivity index (χ2v) is 6.61. The zero-order valence-electron chi connectivity index (χ0n) is 13.6. The van der Waals surface area contributed by atoms with Crippen molar-refractivity contribution in [1.82, 2.24) is 10.6 Å². The highest BCUT2D eigenvalue weighted by atomic mass is 32.1. The molecule has 0 aromatic heterocycles. The zero-order chi connectivity index (χ0) is 16.8. The lowest BCUT2D eigenvalue weighted by atomic mass is 9.96. The fourth-order valence-corrected chi connectivity index (χ4v) is 3.45. The molecule has 0 bridgehead atoms. The van der Waals surface area contributed by atoms with Crippen molar-refractivity contribution in [2.45, 2.75) is 38.1 Å². The van der Waals surface area contributed by atoms with Crippen LogP contribution in [0, 0.1) is 0 Å². The Kier molecular flexibility index (Phi) is 5.59. The maximum Gasteiger partial charge on any atom is 0.250 e. The van der Waals surface area contributed by atoms with Gasteiger partial charge in [0, 0.05) is 12.1 Å². The van der Waals surface area contributed by atoms with E-state index in [1.165, 1.54) is 25.3 Å². The van der Waals surface area contributed by atoms with Gasteiger partial charge in [-0.1, -0.05) is 61.7 Å². The third kappa shape index (κ3) is 4.42. The van der Waals surface area contributed by atoms with Gasteiger partial charge in [0.15, 0.2) is 5.11 Å². The summed E-state index contributed by atoms with van der Waals surface area (Å²) in [7, 11) is 0. The lowest BCUT2D eigenvalue weighted by molar-refractivity contribution is -0.115. The van der Waals surface area contributed by atoms with E-state index in [-0.39, 0.29) is 5.91 Å². The molecule has 0 unspecified atom stereocenters. The first-order valence-electron chi connectivity index (χ1n) is 8.50. The molecule has 2 aromatic carbocycles. The first-order chi connectivity index (χ1) is 11.7. The lowest BCUT2D eigenvalue weighted by Gasteiger charge is -2.23. The number of carbonyl (C=O) groups excluding carboxylic acids is 1. The summed E-state index contributed by atoms with van der Waals surface area (Å²) in [6, 6.07) is 14.6. The number of thiocarbonyl (C=S) groups is 1. The summed E-state index contributed by atoms with van der Waals surface area (Å²) < 4.78 is 0. The number of carbonyl (C=O) groups is 1. The quantitative estimate of drug-likeness (QED) is 0.652. The summed E-state index contributed by atoms with van der Waals surface area (Å²) in [6.45, 7) is 0. The van der Waals surface area contributed by atoms with Crippen molar-refractivity contribution in [3.8, 4) is 0 Å². The molecule has 4 heteroatoms. The van der Waals surface area contributed by atoms with E-state index < -0.39 is 0 Å². The van der Waals surface area contributed by atoms with Crippen LogP contribution in [0.4, 0.5) is 0 Å². The minimum Gasteiger partial charge on any atom is -0.360 e. The SMILES string of the molecule is O=C(/C=C/c1cccc2ccccc12)NC(=S)NC1CCCCC1. The topological polar surface area (TPSA) is 41.1 Å². The van der Waals surface area contributed by atoms with Gasteiger partial charge in [-0.15, -0.1) is 0 Å². The van der Waals surface area contributed by atoms with E-state index >= 15 is 0 Å². The van der Waals surface area contributed by atoms with Crippen molar-refractivity contribution >= 4 is 40.1 Å². The molecule has 0 radical (unpaired) electrons. The molecule has 3 nitrogen and oxygen atoms in total. The Morgan fingerprint density at radius 3 is 2.62 bits per heavy atom. The Morgan fingerprint density at radius 2 is 1.79 bits per heavy atom. The third-order valence-electron chi connectivity index (χ3n) is 4.41. The highest BCUT2D eigenvalue weighted by molar-refractivity contribution is 7.80. The zero-order valence-corrected chi connectivity index (χ0v) is 14.4. The molecular weight excluding hydrogens is 316 g/mol. The number of rotatable bonds is 3. The van der Waals surface area contributed by atoms with Crippen molar-refractivity contribution in [2.24, 2.45) is 0 Å². The van der Waals surface area contributed by atoms with Crippen molar-refractivity contribution in [1.29, 1.82) is 0 Å². The summed E-state index contributed by atoms with van der Waals surface area (Å²) in [5.74, 6) is -0.198. The minimum absolute atomic E-state index is 0.198. The summed E-state index contributed by atoms with van der Waals surface area (Å²) >= 11 is 5.24. The van der Waals surface area contributed by atoms with E-state index in [0.717, 1.165) is 29.2 Å². The molecule has 1 aliphatic carbocycles. The minimum atomic E-state index is -0.198.